The predicted octanol–water partition coefficient (Wildman–Crippen LogP) is 2.53. The fourth-order valence-corrected chi connectivity index (χ4v) is 3.64. The van der Waals surface area contributed by atoms with E-state index in [4.69, 9.17) is 0 Å². The normalized spacial score (nSPS) is 21.4. The van der Waals surface area contributed by atoms with E-state index in [9.17, 15) is 9.59 Å². The van der Waals surface area contributed by atoms with Gasteiger partial charge in [-0.1, -0.05) is 18.9 Å². The summed E-state index contributed by atoms with van der Waals surface area (Å²) < 4.78 is 0.847. The van der Waals surface area contributed by atoms with E-state index in [0.717, 1.165) is 41.4 Å². The third-order valence-electron chi connectivity index (χ3n) is 4.18. The highest BCUT2D eigenvalue weighted by Crippen LogP contribution is 2.37. The Labute approximate surface area is 126 Å². The first kappa shape index (κ1) is 13.6. The van der Waals surface area contributed by atoms with Gasteiger partial charge in [-0.15, -0.1) is 0 Å². The molecule has 106 valence electrons. The van der Waals surface area contributed by atoms with Crippen LogP contribution in [0.5, 0.6) is 0 Å². The van der Waals surface area contributed by atoms with Gasteiger partial charge in [0, 0.05) is 4.47 Å². The van der Waals surface area contributed by atoms with E-state index in [1.54, 1.807) is 4.90 Å². The van der Waals surface area contributed by atoms with Crippen molar-refractivity contribution in [3.63, 3.8) is 0 Å². The third kappa shape index (κ3) is 2.14. The van der Waals surface area contributed by atoms with Crippen molar-refractivity contribution in [2.75, 3.05) is 11.4 Å². The molecule has 1 aliphatic heterocycles. The van der Waals surface area contributed by atoms with Crippen molar-refractivity contribution >= 4 is 33.4 Å². The molecular formula is C15H17BrN2O2. The second-order valence-corrected chi connectivity index (χ2v) is 6.54. The Morgan fingerprint density at radius 3 is 2.65 bits per heavy atom. The minimum Gasteiger partial charge on any atom is -0.340 e. The highest BCUT2D eigenvalue weighted by atomic mass is 79.9. The maximum Gasteiger partial charge on any atom is 0.253 e. The first-order valence-corrected chi connectivity index (χ1v) is 7.70. The van der Waals surface area contributed by atoms with Gasteiger partial charge >= 0.3 is 0 Å². The summed E-state index contributed by atoms with van der Waals surface area (Å²) in [5.41, 5.74) is 1.19. The second kappa shape index (κ2) is 4.88. The van der Waals surface area contributed by atoms with Gasteiger partial charge in [-0.25, -0.2) is 0 Å². The van der Waals surface area contributed by atoms with Gasteiger partial charge in [0.25, 0.3) is 5.91 Å². The van der Waals surface area contributed by atoms with Crippen molar-refractivity contribution in [1.82, 2.24) is 5.32 Å². The summed E-state index contributed by atoms with van der Waals surface area (Å²) in [6.07, 6.45) is 3.48. The van der Waals surface area contributed by atoms with Crippen molar-refractivity contribution in [1.29, 1.82) is 0 Å². The Bertz CT molecular complexity index is 579. The standard InChI is InChI=1S/C15H17BrN2O2/c1-10-4-5-11(16)12(8-10)18-9-13(19)17-15(14(18)20)6-2-3-7-15/h4-5,8H,2-3,6-7,9H2,1H3,(H,17,19). The Balaban J connectivity index is 2.02. The molecule has 0 bridgehead atoms. The number of piperazine rings is 1. The molecule has 1 saturated heterocycles. The number of carbonyl (C=O) groups excluding carboxylic acids is 2. The molecule has 2 amide bonds. The van der Waals surface area contributed by atoms with Gasteiger partial charge in [-0.05, 0) is 53.4 Å². The van der Waals surface area contributed by atoms with Crippen LogP contribution in [0.1, 0.15) is 31.2 Å². The van der Waals surface area contributed by atoms with E-state index >= 15 is 0 Å². The van der Waals surface area contributed by atoms with Crippen molar-refractivity contribution in [3.05, 3.63) is 28.2 Å². The molecule has 5 heteroatoms. The lowest BCUT2D eigenvalue weighted by Crippen LogP contribution is -2.65. The zero-order valence-electron chi connectivity index (χ0n) is 11.4. The molecule has 0 radical (unpaired) electrons. The Hall–Kier alpha value is -1.36. The van der Waals surface area contributed by atoms with Crippen LogP contribution in [0.2, 0.25) is 0 Å². The summed E-state index contributed by atoms with van der Waals surface area (Å²) in [6, 6.07) is 5.85. The van der Waals surface area contributed by atoms with Gasteiger partial charge in [0.2, 0.25) is 5.91 Å². The Morgan fingerprint density at radius 2 is 1.95 bits per heavy atom. The number of halogens is 1. The molecule has 1 aliphatic carbocycles. The zero-order valence-corrected chi connectivity index (χ0v) is 13.0. The molecule has 1 saturated carbocycles. The van der Waals surface area contributed by atoms with Crippen LogP contribution in [-0.2, 0) is 9.59 Å². The summed E-state index contributed by atoms with van der Waals surface area (Å²) in [5, 5.41) is 2.93. The lowest BCUT2D eigenvalue weighted by molar-refractivity contribution is -0.135. The largest absolute Gasteiger partial charge is 0.340 e. The second-order valence-electron chi connectivity index (χ2n) is 5.68. The lowest BCUT2D eigenvalue weighted by Gasteiger charge is -2.40. The molecule has 1 aromatic carbocycles. The molecular weight excluding hydrogens is 320 g/mol. The monoisotopic (exact) mass is 336 g/mol. The number of anilines is 1. The maximum atomic E-state index is 12.8. The third-order valence-corrected chi connectivity index (χ3v) is 4.86. The SMILES string of the molecule is Cc1ccc(Br)c(N2CC(=O)NC3(CCCC3)C2=O)c1. The van der Waals surface area contributed by atoms with E-state index in [0.29, 0.717) is 0 Å². The van der Waals surface area contributed by atoms with Crippen LogP contribution in [0.4, 0.5) is 5.69 Å². The van der Waals surface area contributed by atoms with E-state index < -0.39 is 5.54 Å². The molecule has 1 aromatic rings. The van der Waals surface area contributed by atoms with Gasteiger partial charge in [0.05, 0.1) is 5.69 Å². The summed E-state index contributed by atoms with van der Waals surface area (Å²) in [5.74, 6) is -0.0409. The van der Waals surface area contributed by atoms with Crippen LogP contribution in [-0.4, -0.2) is 23.9 Å². The molecule has 20 heavy (non-hydrogen) atoms. The van der Waals surface area contributed by atoms with Crippen LogP contribution in [0, 0.1) is 6.92 Å². The molecule has 4 nitrogen and oxygen atoms in total. The molecule has 1 spiro atoms. The van der Waals surface area contributed by atoms with Gasteiger partial charge < -0.3 is 5.32 Å². The minimum absolute atomic E-state index is 0.0286. The van der Waals surface area contributed by atoms with Crippen molar-refractivity contribution in [2.24, 2.45) is 0 Å². The fourth-order valence-electron chi connectivity index (χ4n) is 3.18. The number of carbonyl (C=O) groups is 2. The molecule has 2 fully saturated rings. The molecule has 1 heterocycles. The summed E-state index contributed by atoms with van der Waals surface area (Å²) in [6.45, 7) is 2.08. The van der Waals surface area contributed by atoms with Crippen LogP contribution >= 0.6 is 15.9 Å². The van der Waals surface area contributed by atoms with Gasteiger partial charge in [-0.3, -0.25) is 14.5 Å². The van der Waals surface area contributed by atoms with Crippen LogP contribution in [0.15, 0.2) is 22.7 Å². The van der Waals surface area contributed by atoms with E-state index in [-0.39, 0.29) is 18.4 Å². The highest BCUT2D eigenvalue weighted by molar-refractivity contribution is 9.10. The minimum atomic E-state index is -0.668. The average molecular weight is 337 g/mol. The molecule has 2 aliphatic rings. The predicted molar refractivity (Wildman–Crippen MR) is 80.6 cm³/mol. The number of hydrogen-bond donors (Lipinski definition) is 1. The average Bonchev–Trinajstić information content (AvgIpc) is 2.86. The molecule has 1 N–H and O–H groups in total. The number of aryl methyl sites for hydroxylation is 1. The smallest absolute Gasteiger partial charge is 0.253 e. The first-order valence-electron chi connectivity index (χ1n) is 6.91. The number of amides is 2. The highest BCUT2D eigenvalue weighted by Gasteiger charge is 2.48. The van der Waals surface area contributed by atoms with Crippen molar-refractivity contribution in [2.45, 2.75) is 38.1 Å². The topological polar surface area (TPSA) is 49.4 Å². The molecule has 0 aromatic heterocycles. The van der Waals surface area contributed by atoms with Crippen molar-refractivity contribution < 1.29 is 9.59 Å². The van der Waals surface area contributed by atoms with E-state index in [1.807, 2.05) is 25.1 Å². The quantitative estimate of drug-likeness (QED) is 0.856. The Kier molecular flexibility index (Phi) is 3.32. The zero-order chi connectivity index (χ0) is 14.3. The van der Waals surface area contributed by atoms with Gasteiger partial charge in [-0.2, -0.15) is 0 Å². The van der Waals surface area contributed by atoms with Crippen molar-refractivity contribution in [3.8, 4) is 0 Å². The fraction of sp³-hybridized carbons (Fsp3) is 0.467. The van der Waals surface area contributed by atoms with E-state index in [2.05, 4.69) is 21.2 Å². The summed E-state index contributed by atoms with van der Waals surface area (Å²) in [7, 11) is 0. The van der Waals surface area contributed by atoms with Gasteiger partial charge in [0.15, 0.2) is 0 Å². The first-order chi connectivity index (χ1) is 9.52. The Morgan fingerprint density at radius 1 is 1.25 bits per heavy atom. The summed E-state index contributed by atoms with van der Waals surface area (Å²) >= 11 is 3.48. The number of hydrogen-bond acceptors (Lipinski definition) is 2. The maximum absolute atomic E-state index is 12.8. The lowest BCUT2D eigenvalue weighted by atomic mass is 9.92. The molecule has 0 unspecified atom stereocenters. The molecule has 0 atom stereocenters. The number of benzene rings is 1. The van der Waals surface area contributed by atoms with Crippen LogP contribution < -0.4 is 10.2 Å². The number of nitrogens with one attached hydrogen (secondary N) is 1. The molecule has 3 rings (SSSR count). The van der Waals surface area contributed by atoms with Gasteiger partial charge in [0.1, 0.15) is 12.1 Å². The van der Waals surface area contributed by atoms with Crippen LogP contribution in [0.25, 0.3) is 0 Å². The summed E-state index contributed by atoms with van der Waals surface area (Å²) in [4.78, 5) is 26.5. The number of rotatable bonds is 1. The van der Waals surface area contributed by atoms with E-state index in [1.165, 1.54) is 0 Å². The number of nitrogens with zero attached hydrogens (tertiary/aromatic N) is 1. The van der Waals surface area contributed by atoms with Crippen LogP contribution in [0.3, 0.4) is 0 Å².